The third-order valence-corrected chi connectivity index (χ3v) is 6.35. The smallest absolute Gasteiger partial charge is 0.241 e. The maximum Gasteiger partial charge on any atom is 0.241 e. The lowest BCUT2D eigenvalue weighted by Gasteiger charge is -2.47. The van der Waals surface area contributed by atoms with E-state index in [2.05, 4.69) is 15.9 Å². The van der Waals surface area contributed by atoms with Gasteiger partial charge in [-0.2, -0.15) is 0 Å². The fourth-order valence-electron chi connectivity index (χ4n) is 3.82. The summed E-state index contributed by atoms with van der Waals surface area (Å²) in [5.41, 5.74) is -12.1. The van der Waals surface area contributed by atoms with Crippen LogP contribution in [0.3, 0.4) is 0 Å². The van der Waals surface area contributed by atoms with Crippen LogP contribution >= 0.6 is 15.9 Å². The van der Waals surface area contributed by atoms with Crippen molar-refractivity contribution in [2.24, 2.45) is 0 Å². The molecule has 0 saturated heterocycles. The summed E-state index contributed by atoms with van der Waals surface area (Å²) in [7, 11) is 0. The average Bonchev–Trinajstić information content (AvgIpc) is 2.91. The minimum atomic E-state index is -3.88. The summed E-state index contributed by atoms with van der Waals surface area (Å²) >= 11 is 2.47. The molecule has 0 radical (unpaired) electrons. The molecule has 0 unspecified atom stereocenters. The average molecular weight is 541 g/mol. The number of carbonyl (C=O) groups excluding carboxylic acids is 4. The molecule has 180 valence electrons. The van der Waals surface area contributed by atoms with Gasteiger partial charge in [0.25, 0.3) is 0 Å². The number of rotatable bonds is 10. The Morgan fingerprint density at radius 1 is 0.600 bits per heavy atom. The highest BCUT2D eigenvalue weighted by molar-refractivity contribution is 9.18. The molecule has 0 heterocycles. The van der Waals surface area contributed by atoms with Crippen molar-refractivity contribution >= 4 is 38.0 Å². The van der Waals surface area contributed by atoms with Crippen LogP contribution in [0.15, 0.2) is 91.0 Å². The van der Waals surface area contributed by atoms with E-state index in [0.29, 0.717) is 0 Å². The Hall–Kier alpha value is -3.34. The molecule has 0 aliphatic carbocycles. The lowest BCUT2D eigenvalue weighted by molar-refractivity contribution is -0.189. The van der Waals surface area contributed by atoms with Gasteiger partial charge in [0.15, 0.2) is 11.4 Å². The van der Waals surface area contributed by atoms with Crippen LogP contribution in [0.2, 0.25) is 0 Å². The van der Waals surface area contributed by atoms with Crippen LogP contribution in [0.25, 0.3) is 0 Å². The third kappa shape index (κ3) is 4.18. The van der Waals surface area contributed by atoms with Gasteiger partial charge in [0, 0.05) is 16.7 Å². The minimum absolute atomic E-state index is 0.264. The Labute approximate surface area is 208 Å². The number of ketones is 3. The fourth-order valence-corrected chi connectivity index (χ4v) is 4.29. The van der Waals surface area contributed by atoms with Crippen LogP contribution in [-0.2, 0) is 4.79 Å². The normalized spacial score (nSPS) is 16.3. The van der Waals surface area contributed by atoms with E-state index in [9.17, 15) is 39.6 Å². The second-order valence-electron chi connectivity index (χ2n) is 7.80. The van der Waals surface area contributed by atoms with Crippen molar-refractivity contribution in [3.8, 4) is 0 Å². The molecular weight excluding hydrogens is 520 g/mol. The molecule has 0 aliphatic rings. The zero-order valence-corrected chi connectivity index (χ0v) is 19.8. The van der Waals surface area contributed by atoms with Crippen LogP contribution in [0, 0.1) is 0 Å². The number of Topliss-reactive ketones (excluding diaryl/α,β-unsaturated/α-hetero) is 3. The SMILES string of the molecule is O=C(Br)[C@](O)(C(=O)c1ccccc1)[C@@](O)(C(=O)c1ccccc1)[C@@](O)(CO)C(=O)c1ccccc1. The highest BCUT2D eigenvalue weighted by Gasteiger charge is 2.74. The Bertz CT molecular complexity index is 1250. The quantitative estimate of drug-likeness (QED) is 0.172. The van der Waals surface area contributed by atoms with Crippen LogP contribution in [0.1, 0.15) is 31.1 Å². The molecule has 0 bridgehead atoms. The van der Waals surface area contributed by atoms with E-state index in [-0.39, 0.29) is 16.7 Å². The summed E-state index contributed by atoms with van der Waals surface area (Å²) in [6.45, 7) is -1.62. The topological polar surface area (TPSA) is 149 Å². The van der Waals surface area contributed by atoms with Gasteiger partial charge in [-0.15, -0.1) is 0 Å². The first-order valence-corrected chi connectivity index (χ1v) is 11.1. The van der Waals surface area contributed by atoms with Gasteiger partial charge in [-0.3, -0.25) is 19.2 Å². The van der Waals surface area contributed by atoms with E-state index < -0.39 is 45.5 Å². The first-order chi connectivity index (χ1) is 16.6. The molecular formula is C26H21BrO8. The molecule has 0 aliphatic heterocycles. The molecule has 0 spiro atoms. The Kier molecular flexibility index (Phi) is 7.59. The van der Waals surface area contributed by atoms with Gasteiger partial charge in [-0.1, -0.05) is 91.0 Å². The number of halogens is 1. The molecule has 9 heteroatoms. The first-order valence-electron chi connectivity index (χ1n) is 10.3. The van der Waals surface area contributed by atoms with E-state index in [0.717, 1.165) is 0 Å². The van der Waals surface area contributed by atoms with E-state index in [1.165, 1.54) is 84.9 Å². The molecule has 0 fully saturated rings. The van der Waals surface area contributed by atoms with Crippen LogP contribution < -0.4 is 0 Å². The van der Waals surface area contributed by atoms with Gasteiger partial charge >= 0.3 is 0 Å². The zero-order chi connectivity index (χ0) is 25.9. The maximum absolute atomic E-state index is 13.7. The zero-order valence-electron chi connectivity index (χ0n) is 18.2. The van der Waals surface area contributed by atoms with Gasteiger partial charge in [0.05, 0.1) is 6.61 Å². The molecule has 8 nitrogen and oxygen atoms in total. The van der Waals surface area contributed by atoms with Crippen LogP contribution in [0.5, 0.6) is 0 Å². The first kappa shape index (κ1) is 26.3. The fraction of sp³-hybridized carbons (Fsp3) is 0.154. The summed E-state index contributed by atoms with van der Waals surface area (Å²) in [5, 5.41) is 45.2. The molecule has 3 aromatic rings. The van der Waals surface area contributed by atoms with Crippen molar-refractivity contribution in [2.45, 2.75) is 16.8 Å². The van der Waals surface area contributed by atoms with E-state index >= 15 is 0 Å². The molecule has 3 aromatic carbocycles. The predicted octanol–water partition coefficient (Wildman–Crippen LogP) is 1.74. The van der Waals surface area contributed by atoms with Gasteiger partial charge < -0.3 is 20.4 Å². The summed E-state index contributed by atoms with van der Waals surface area (Å²) in [5.74, 6) is -4.43. The number of aliphatic hydroxyl groups excluding tert-OH is 1. The largest absolute Gasteiger partial charge is 0.393 e. The van der Waals surface area contributed by atoms with Gasteiger partial charge in [0.1, 0.15) is 0 Å². The Morgan fingerprint density at radius 3 is 1.29 bits per heavy atom. The summed E-state index contributed by atoms with van der Waals surface area (Å²) in [6, 6.07) is 20.3. The van der Waals surface area contributed by atoms with Crippen molar-refractivity contribution < 1.29 is 39.6 Å². The van der Waals surface area contributed by atoms with Crippen molar-refractivity contribution in [1.29, 1.82) is 0 Å². The monoisotopic (exact) mass is 540 g/mol. The van der Waals surface area contributed by atoms with Crippen molar-refractivity contribution in [3.63, 3.8) is 0 Å². The number of carbonyl (C=O) groups is 4. The standard InChI is InChI=1S/C26H21BrO8/c27-23(32)25(34,21(30)18-12-6-2-7-13-18)26(35,22(31)19-14-8-3-9-15-19)24(33,16-28)20(29)17-10-4-1-5-11-17/h1-15,28,33-35H,16H2/t24-,25-,26-/m1/s1. The van der Waals surface area contributed by atoms with Gasteiger partial charge in [-0.25, -0.2) is 0 Å². The maximum atomic E-state index is 13.7. The number of aliphatic hydroxyl groups is 4. The lowest BCUT2D eigenvalue weighted by atomic mass is 9.63. The molecule has 3 atom stereocenters. The second-order valence-corrected chi connectivity index (χ2v) is 8.52. The second kappa shape index (κ2) is 10.1. The summed E-state index contributed by atoms with van der Waals surface area (Å²) < 4.78 is -1.61. The molecule has 0 aromatic heterocycles. The molecule has 3 rings (SSSR count). The predicted molar refractivity (Wildman–Crippen MR) is 128 cm³/mol. The van der Waals surface area contributed by atoms with E-state index in [1.54, 1.807) is 6.07 Å². The van der Waals surface area contributed by atoms with Crippen LogP contribution in [-0.4, -0.2) is 65.9 Å². The highest BCUT2D eigenvalue weighted by Crippen LogP contribution is 2.42. The molecule has 4 N–H and O–H groups in total. The van der Waals surface area contributed by atoms with Gasteiger partial charge in [0.2, 0.25) is 27.5 Å². The van der Waals surface area contributed by atoms with Crippen LogP contribution in [0.4, 0.5) is 0 Å². The summed E-state index contributed by atoms with van der Waals surface area (Å²) in [4.78, 5) is 53.5. The Balaban J connectivity index is 2.38. The molecule has 35 heavy (non-hydrogen) atoms. The Morgan fingerprint density at radius 2 is 0.943 bits per heavy atom. The van der Waals surface area contributed by atoms with Crippen molar-refractivity contribution in [1.82, 2.24) is 0 Å². The number of hydrogen-bond acceptors (Lipinski definition) is 8. The summed E-state index contributed by atoms with van der Waals surface area (Å²) in [6.07, 6.45) is 0. The van der Waals surface area contributed by atoms with Crippen molar-refractivity contribution in [3.05, 3.63) is 108 Å². The lowest BCUT2D eigenvalue weighted by Crippen LogP contribution is -2.79. The van der Waals surface area contributed by atoms with Crippen molar-refractivity contribution in [2.75, 3.05) is 6.61 Å². The number of benzene rings is 3. The third-order valence-electron chi connectivity index (χ3n) is 5.78. The van der Waals surface area contributed by atoms with E-state index in [1.807, 2.05) is 0 Å². The molecule has 0 amide bonds. The highest BCUT2D eigenvalue weighted by atomic mass is 79.9. The van der Waals surface area contributed by atoms with Gasteiger partial charge in [-0.05, 0) is 15.9 Å². The minimum Gasteiger partial charge on any atom is -0.393 e. The number of hydrogen-bond donors (Lipinski definition) is 4. The van der Waals surface area contributed by atoms with E-state index in [4.69, 9.17) is 0 Å². The molecule has 0 saturated carbocycles.